The Morgan fingerprint density at radius 3 is 1.13 bits per heavy atom. The molecule has 0 saturated heterocycles. The number of hydrogen-bond acceptors (Lipinski definition) is 0. The molecule has 0 saturated carbocycles. The highest BCUT2D eigenvalue weighted by Gasteiger charge is 2.43. The molecule has 6 aromatic rings. The maximum atomic E-state index is 2.65. The summed E-state index contributed by atoms with van der Waals surface area (Å²) in [5, 5.41) is 9.16. The Balaban J connectivity index is 2.34. The fraction of sp³-hybridized carbons (Fsp3) is 0.302. The molecule has 0 aliphatic heterocycles. The molecule has 0 amide bonds. The van der Waals surface area contributed by atoms with E-state index in [1.54, 1.807) is 54.6 Å². The summed E-state index contributed by atoms with van der Waals surface area (Å²) >= 11 is 0. The summed E-state index contributed by atoms with van der Waals surface area (Å²) in [6.45, 7) is 33.5. The van der Waals surface area contributed by atoms with Gasteiger partial charge < -0.3 is 0 Å². The molecule has 0 nitrogen and oxygen atoms in total. The Morgan fingerprint density at radius 2 is 0.720 bits per heavy atom. The molecule has 0 aromatic heterocycles. The fourth-order valence-corrected chi connectivity index (χ4v) is 16.0. The molecule has 0 unspecified atom stereocenters. The van der Waals surface area contributed by atoms with Crippen LogP contribution in [0.3, 0.4) is 0 Å². The van der Waals surface area contributed by atoms with E-state index < -0.39 is 0 Å². The van der Waals surface area contributed by atoms with Crippen LogP contribution in [0.15, 0.2) is 0 Å². The topological polar surface area (TPSA) is 0 Å². The number of aryl methyl sites for hydroxylation is 4. The van der Waals surface area contributed by atoms with Gasteiger partial charge in [0.2, 0.25) is 0 Å². The van der Waals surface area contributed by atoms with Crippen molar-refractivity contribution in [1.82, 2.24) is 0 Å². The molecule has 0 fully saturated rings. The predicted octanol–water partition coefficient (Wildman–Crippen LogP) is -15.9. The van der Waals surface area contributed by atoms with Gasteiger partial charge in [-0.15, -0.1) is 16.4 Å². The third kappa shape index (κ3) is 10.0. The zero-order valence-electron chi connectivity index (χ0n) is 54.5. The van der Waals surface area contributed by atoms with Crippen LogP contribution >= 0.6 is 0 Å². The number of hydrogen-bond donors (Lipinski definition) is 0. The van der Waals surface area contributed by atoms with Gasteiger partial charge in [0.25, 0.3) is 0 Å². The van der Waals surface area contributed by atoms with Gasteiger partial charge >= 0.3 is 0 Å². The van der Waals surface area contributed by atoms with Crippen LogP contribution in [0.4, 0.5) is 0 Å². The van der Waals surface area contributed by atoms with Gasteiger partial charge in [-0.05, 0) is 217 Å². The highest BCUT2D eigenvalue weighted by Crippen LogP contribution is 2.51. The Kier molecular flexibility index (Phi) is 19.7. The first kappa shape index (κ1) is 62.4. The first-order valence-corrected chi connectivity index (χ1v) is 30.6. The molecule has 0 bridgehead atoms. The van der Waals surface area contributed by atoms with Gasteiger partial charge in [-0.1, -0.05) is 21.9 Å². The summed E-state index contributed by atoms with van der Waals surface area (Å²) in [5.41, 5.74) is 36.3. The van der Waals surface area contributed by atoms with E-state index >= 15 is 0 Å². The van der Waals surface area contributed by atoms with E-state index in [4.69, 9.17) is 0 Å². The molecule has 0 spiro atoms. The van der Waals surface area contributed by atoms with E-state index in [2.05, 4.69) is 229 Å². The van der Waals surface area contributed by atoms with Crippen LogP contribution in [0.5, 0.6) is 0 Å². The van der Waals surface area contributed by atoms with E-state index in [1.807, 2.05) is 0 Å². The molecule has 75 heavy (non-hydrogen) atoms. The Hall–Kier alpha value is -1.82. The first-order chi connectivity index (χ1) is 34.8. The number of rotatable bonds is 16. The van der Waals surface area contributed by atoms with Crippen LogP contribution in [0.25, 0.3) is 54.6 Å². The molecular formula is C43H78B32. The molecule has 32 heteroatoms. The molecule has 0 atom stereocenters. The highest BCUT2D eigenvalue weighted by atomic mass is 14.3. The SMILES string of the molecule is BBB(B)B(B(B)B)c1c(B(B(B)B)B(B)B)c(B(BB)B(B)B)c(B(B)B(B)B)c2c(-c3c4c(C)c(C)c(C)c(C)c4c(C)c4c(-c5c(C)c(C)c(C)c(C)c5C)c(C)c(C)c(C)c34)c(B(B)B)c(BB)c(B)c12. The molecule has 0 aliphatic rings. The average Bonchev–Trinajstić information content (AvgIpc) is 3.33. The standard InChI is InChI=1S/C43H78B32/c1-14-15(2)20(7)27(21(8)16(14)3)29-24(11)19(6)25(12)31-32(29)26(13)28-22(9)17(4)18(5)23(10)30(28)33(31)34-35-36(37(44)38(62-45)39(34)65(48)49)41(69(74(59)60)75(61)64-47)43(68(72(55)56)73(57)58)42(67(63-46)71(53)54)40(35)66(50)70(51)52/h62-64H,44-61H2,1-13H3. The molecule has 6 aromatic carbocycles. The normalized spacial score (nSPS) is 11.2. The zero-order chi connectivity index (χ0) is 56.8. The van der Waals surface area contributed by atoms with Gasteiger partial charge in [-0.25, -0.2) is 0 Å². The van der Waals surface area contributed by atoms with Crippen molar-refractivity contribution >= 4 is 302 Å². The maximum absolute atomic E-state index is 2.65. The van der Waals surface area contributed by atoms with Crippen LogP contribution < -0.4 is 38.2 Å². The second-order valence-electron chi connectivity index (χ2n) is 27.0. The summed E-state index contributed by atoms with van der Waals surface area (Å²) in [7, 11) is 49.3. The minimum atomic E-state index is 0.297. The molecule has 0 heterocycles. The van der Waals surface area contributed by atoms with E-state index in [9.17, 15) is 0 Å². The van der Waals surface area contributed by atoms with Crippen molar-refractivity contribution in [1.29, 1.82) is 0 Å². The Bertz CT molecular complexity index is 3220. The van der Waals surface area contributed by atoms with Crippen LogP contribution in [-0.4, -0.2) is 231 Å². The first-order valence-electron chi connectivity index (χ1n) is 30.6. The Labute approximate surface area is 483 Å². The maximum Gasteiger partial charge on any atom is 0.139 e. The van der Waals surface area contributed by atoms with Gasteiger partial charge in [0, 0.05) is 45.4 Å². The van der Waals surface area contributed by atoms with Crippen molar-refractivity contribution in [3.05, 3.63) is 72.3 Å². The molecule has 0 N–H and O–H groups in total. The van der Waals surface area contributed by atoms with Crippen molar-refractivity contribution < 1.29 is 0 Å². The van der Waals surface area contributed by atoms with Crippen LogP contribution in [-0.2, 0) is 0 Å². The predicted molar refractivity (Wildman–Crippen MR) is 427 cm³/mol. The minimum Gasteiger partial charge on any atom is -0.113 e. The largest absolute Gasteiger partial charge is 0.139 e. The highest BCUT2D eigenvalue weighted by molar-refractivity contribution is 7.89. The van der Waals surface area contributed by atoms with Crippen molar-refractivity contribution in [2.24, 2.45) is 0 Å². The molecule has 0 radical (unpaired) electrons. The summed E-state index contributed by atoms with van der Waals surface area (Å²) < 4.78 is 0. The lowest BCUT2D eigenvalue weighted by Gasteiger charge is -2.42. The molecule has 0 aliphatic carbocycles. The number of benzene rings is 6. The summed E-state index contributed by atoms with van der Waals surface area (Å²) in [5.74, 6) is 0. The van der Waals surface area contributed by atoms with Gasteiger partial charge in [0.1, 0.15) is 21.5 Å². The quantitative estimate of drug-likeness (QED) is 0.0670. The van der Waals surface area contributed by atoms with Crippen LogP contribution in [0.2, 0.25) is 0 Å². The molecule has 346 valence electrons. The monoisotopic (exact) mass is 947 g/mol. The van der Waals surface area contributed by atoms with Crippen molar-refractivity contribution in [3.8, 4) is 22.3 Å². The third-order valence-corrected chi connectivity index (χ3v) is 21.2. The van der Waals surface area contributed by atoms with Gasteiger partial charge in [0.05, 0.1) is 165 Å². The van der Waals surface area contributed by atoms with E-state index in [-0.39, 0.29) is 0 Å². The smallest absolute Gasteiger partial charge is 0.113 e. The van der Waals surface area contributed by atoms with Crippen molar-refractivity contribution in [3.63, 3.8) is 0 Å². The van der Waals surface area contributed by atoms with Gasteiger partial charge in [-0.2, -0.15) is 0 Å². The van der Waals surface area contributed by atoms with Gasteiger partial charge in [0.15, 0.2) is 0 Å². The van der Waals surface area contributed by atoms with Crippen molar-refractivity contribution in [2.45, 2.75) is 90.0 Å². The number of fused-ring (bicyclic) bond motifs is 3. The molecule has 6 rings (SSSR count). The lowest BCUT2D eigenvalue weighted by atomic mass is 8.66. The summed E-state index contributed by atoms with van der Waals surface area (Å²) in [6.07, 6.45) is 2.91. The second-order valence-corrected chi connectivity index (χ2v) is 27.0. The third-order valence-electron chi connectivity index (χ3n) is 21.2. The summed E-state index contributed by atoms with van der Waals surface area (Å²) in [6, 6.07) is 0. The van der Waals surface area contributed by atoms with Gasteiger partial charge in [-0.3, -0.25) is 0 Å². The van der Waals surface area contributed by atoms with E-state index in [1.165, 1.54) is 111 Å². The lowest BCUT2D eigenvalue weighted by Crippen LogP contribution is -2.80. The Morgan fingerprint density at radius 1 is 0.307 bits per heavy atom. The van der Waals surface area contributed by atoms with E-state index in [0.717, 1.165) is 21.3 Å². The molecular weight excluding hydrogens is 862 g/mol. The summed E-state index contributed by atoms with van der Waals surface area (Å²) in [4.78, 5) is 0. The van der Waals surface area contributed by atoms with E-state index in [0.29, 0.717) is 70.8 Å². The fourth-order valence-electron chi connectivity index (χ4n) is 16.0. The van der Waals surface area contributed by atoms with Crippen molar-refractivity contribution in [2.75, 3.05) is 0 Å². The average molecular weight is 941 g/mol. The zero-order valence-corrected chi connectivity index (χ0v) is 54.5. The minimum absolute atomic E-state index is 0.297. The van der Waals surface area contributed by atoms with Crippen LogP contribution in [0, 0.1) is 90.0 Å². The van der Waals surface area contributed by atoms with Crippen LogP contribution in [0.1, 0.15) is 72.3 Å². The second kappa shape index (κ2) is 23.7. The lowest BCUT2D eigenvalue weighted by molar-refractivity contribution is 1.17.